The fourth-order valence-electron chi connectivity index (χ4n) is 6.50. The SMILES string of the molecule is CC1(C)OC2[C@@H](O1)[C@@H](CO)O[C@H]2n1cnc2c(N3CCC(C4CCCCC4)CC3)nc(Cl)nc21. The molecule has 0 spiro atoms. The molecule has 4 atom stereocenters. The van der Waals surface area contributed by atoms with Crippen molar-refractivity contribution in [1.29, 1.82) is 0 Å². The van der Waals surface area contributed by atoms with Crippen LogP contribution in [0.4, 0.5) is 5.82 Å². The number of halogens is 1. The fourth-order valence-corrected chi connectivity index (χ4v) is 6.66. The third-order valence-corrected chi connectivity index (χ3v) is 8.28. The summed E-state index contributed by atoms with van der Waals surface area (Å²) >= 11 is 6.41. The molecule has 6 rings (SSSR count). The second kappa shape index (κ2) is 8.85. The second-order valence-electron chi connectivity index (χ2n) is 10.7. The Morgan fingerprint density at radius 2 is 1.74 bits per heavy atom. The highest BCUT2D eigenvalue weighted by Gasteiger charge is 2.56. The Kier molecular flexibility index (Phi) is 5.97. The van der Waals surface area contributed by atoms with E-state index in [4.69, 9.17) is 25.8 Å². The van der Waals surface area contributed by atoms with Gasteiger partial charge in [0, 0.05) is 13.1 Å². The van der Waals surface area contributed by atoms with Crippen LogP contribution in [0.2, 0.25) is 5.28 Å². The van der Waals surface area contributed by atoms with Crippen LogP contribution < -0.4 is 4.90 Å². The van der Waals surface area contributed by atoms with Gasteiger partial charge in [-0.3, -0.25) is 4.57 Å². The van der Waals surface area contributed by atoms with Crippen molar-refractivity contribution in [2.75, 3.05) is 24.6 Å². The lowest BCUT2D eigenvalue weighted by molar-refractivity contribution is -0.199. The molecular formula is C24H34ClN5O4. The van der Waals surface area contributed by atoms with Crippen molar-refractivity contribution in [3.05, 3.63) is 11.6 Å². The van der Waals surface area contributed by atoms with Crippen molar-refractivity contribution >= 4 is 28.6 Å². The molecule has 186 valence electrons. The topological polar surface area (TPSA) is 94.8 Å². The Balaban J connectivity index is 1.26. The molecule has 2 aromatic rings. The summed E-state index contributed by atoms with van der Waals surface area (Å²) in [6.45, 7) is 5.51. The van der Waals surface area contributed by atoms with Gasteiger partial charge >= 0.3 is 0 Å². The number of rotatable bonds is 4. The maximum atomic E-state index is 9.85. The molecular weight excluding hydrogens is 458 g/mol. The van der Waals surface area contributed by atoms with E-state index in [1.165, 1.54) is 44.9 Å². The van der Waals surface area contributed by atoms with Crippen molar-refractivity contribution in [1.82, 2.24) is 19.5 Å². The third kappa shape index (κ3) is 3.99. The smallest absolute Gasteiger partial charge is 0.226 e. The van der Waals surface area contributed by atoms with Gasteiger partial charge in [0.05, 0.1) is 12.9 Å². The van der Waals surface area contributed by atoms with Crippen LogP contribution in [-0.2, 0) is 14.2 Å². The number of hydrogen-bond donors (Lipinski definition) is 1. The molecule has 10 heteroatoms. The van der Waals surface area contributed by atoms with E-state index < -0.39 is 18.1 Å². The van der Waals surface area contributed by atoms with Gasteiger partial charge in [-0.2, -0.15) is 9.97 Å². The molecule has 0 aromatic carbocycles. The zero-order valence-corrected chi connectivity index (χ0v) is 20.7. The average molecular weight is 492 g/mol. The fraction of sp³-hybridized carbons (Fsp3) is 0.792. The first-order chi connectivity index (χ1) is 16.4. The van der Waals surface area contributed by atoms with Crippen LogP contribution in [-0.4, -0.2) is 68.4 Å². The number of piperidine rings is 1. The van der Waals surface area contributed by atoms with Crippen LogP contribution in [0.1, 0.15) is 65.0 Å². The van der Waals surface area contributed by atoms with Gasteiger partial charge in [0.15, 0.2) is 29.0 Å². The minimum absolute atomic E-state index is 0.152. The van der Waals surface area contributed by atoms with Gasteiger partial charge in [-0.15, -0.1) is 0 Å². The Labute approximate surface area is 204 Å². The van der Waals surface area contributed by atoms with E-state index >= 15 is 0 Å². The highest BCUT2D eigenvalue weighted by molar-refractivity contribution is 6.28. The Bertz CT molecular complexity index is 1030. The standard InChI is InChI=1S/C24H34ClN5O4/c1-24(2)33-18-16(12-31)32-22(19(18)34-24)30-13-26-17-20(27-23(25)28-21(17)30)29-10-8-15(9-11-29)14-6-4-3-5-7-14/h13-16,18-19,22,31H,3-12H2,1-2H3/t16-,18+,19?,22-/m1/s1. The molecule has 4 fully saturated rings. The lowest BCUT2D eigenvalue weighted by Gasteiger charge is -2.38. The van der Waals surface area contributed by atoms with Crippen LogP contribution in [0, 0.1) is 11.8 Å². The number of fused-ring (bicyclic) bond motifs is 2. The molecule has 0 radical (unpaired) electrons. The summed E-state index contributed by atoms with van der Waals surface area (Å²) in [6.07, 6.45) is 9.28. The van der Waals surface area contributed by atoms with Gasteiger partial charge in [-0.05, 0) is 50.1 Å². The first-order valence-corrected chi connectivity index (χ1v) is 13.1. The molecule has 34 heavy (non-hydrogen) atoms. The highest BCUT2D eigenvalue weighted by atomic mass is 35.5. The number of aliphatic hydroxyl groups is 1. The molecule has 9 nitrogen and oxygen atoms in total. The number of aromatic nitrogens is 4. The molecule has 1 N–H and O–H groups in total. The average Bonchev–Trinajstić information content (AvgIpc) is 3.49. The molecule has 0 amide bonds. The minimum Gasteiger partial charge on any atom is -0.394 e. The normalized spacial score (nSPS) is 32.5. The van der Waals surface area contributed by atoms with Gasteiger partial charge < -0.3 is 24.2 Å². The van der Waals surface area contributed by atoms with Crippen molar-refractivity contribution in [2.24, 2.45) is 11.8 Å². The molecule has 4 aliphatic rings. The molecule has 2 aromatic heterocycles. The highest BCUT2D eigenvalue weighted by Crippen LogP contribution is 2.44. The molecule has 3 aliphatic heterocycles. The number of anilines is 1. The van der Waals surface area contributed by atoms with Crippen LogP contribution in [0.5, 0.6) is 0 Å². The van der Waals surface area contributed by atoms with Gasteiger partial charge in [-0.25, -0.2) is 4.98 Å². The number of aliphatic hydroxyl groups excluding tert-OH is 1. The van der Waals surface area contributed by atoms with Gasteiger partial charge in [0.2, 0.25) is 5.28 Å². The quantitative estimate of drug-likeness (QED) is 0.647. The first kappa shape index (κ1) is 22.9. The monoisotopic (exact) mass is 491 g/mol. The first-order valence-electron chi connectivity index (χ1n) is 12.7. The van der Waals surface area contributed by atoms with Gasteiger partial charge in [0.25, 0.3) is 0 Å². The molecule has 1 aliphatic carbocycles. The number of ether oxygens (including phenoxy) is 3. The molecule has 0 bridgehead atoms. The maximum absolute atomic E-state index is 9.85. The zero-order chi connectivity index (χ0) is 23.4. The molecule has 3 saturated heterocycles. The Hall–Kier alpha value is -1.52. The summed E-state index contributed by atoms with van der Waals surface area (Å²) in [5.41, 5.74) is 1.33. The largest absolute Gasteiger partial charge is 0.394 e. The lowest BCUT2D eigenvalue weighted by Crippen LogP contribution is -2.37. The van der Waals surface area contributed by atoms with E-state index in [0.717, 1.165) is 30.7 Å². The van der Waals surface area contributed by atoms with Crippen LogP contribution in [0.15, 0.2) is 6.33 Å². The van der Waals surface area contributed by atoms with E-state index in [-0.39, 0.29) is 24.1 Å². The van der Waals surface area contributed by atoms with Crippen LogP contribution >= 0.6 is 11.6 Å². The van der Waals surface area contributed by atoms with Crippen molar-refractivity contribution in [3.8, 4) is 0 Å². The predicted octanol–water partition coefficient (Wildman–Crippen LogP) is 3.69. The summed E-state index contributed by atoms with van der Waals surface area (Å²) in [4.78, 5) is 16.1. The Morgan fingerprint density at radius 1 is 1.03 bits per heavy atom. The zero-order valence-electron chi connectivity index (χ0n) is 19.9. The minimum atomic E-state index is -0.748. The second-order valence-corrected chi connectivity index (χ2v) is 11.0. The molecule has 1 saturated carbocycles. The van der Waals surface area contributed by atoms with E-state index in [9.17, 15) is 5.11 Å². The number of imidazole rings is 1. The predicted molar refractivity (Wildman–Crippen MR) is 127 cm³/mol. The van der Waals surface area contributed by atoms with Crippen molar-refractivity contribution in [2.45, 2.75) is 89.1 Å². The third-order valence-electron chi connectivity index (χ3n) is 8.11. The maximum Gasteiger partial charge on any atom is 0.226 e. The summed E-state index contributed by atoms with van der Waals surface area (Å²) in [7, 11) is 0. The summed E-state index contributed by atoms with van der Waals surface area (Å²) in [5.74, 6) is 1.73. The molecule has 5 heterocycles. The summed E-state index contributed by atoms with van der Waals surface area (Å²) in [6, 6.07) is 0. The van der Waals surface area contributed by atoms with E-state index in [2.05, 4.69) is 19.9 Å². The summed E-state index contributed by atoms with van der Waals surface area (Å²) in [5, 5.41) is 10.0. The Morgan fingerprint density at radius 3 is 2.47 bits per heavy atom. The van der Waals surface area contributed by atoms with Crippen molar-refractivity contribution < 1.29 is 19.3 Å². The van der Waals surface area contributed by atoms with E-state index in [1.807, 2.05) is 18.4 Å². The number of nitrogens with zero attached hydrogens (tertiary/aromatic N) is 5. The molecule has 1 unspecified atom stereocenters. The van der Waals surface area contributed by atoms with Gasteiger partial charge in [-0.1, -0.05) is 32.1 Å². The van der Waals surface area contributed by atoms with E-state index in [1.54, 1.807) is 6.33 Å². The summed E-state index contributed by atoms with van der Waals surface area (Å²) < 4.78 is 20.1. The van der Waals surface area contributed by atoms with Crippen molar-refractivity contribution in [3.63, 3.8) is 0 Å². The van der Waals surface area contributed by atoms with Crippen LogP contribution in [0.25, 0.3) is 11.2 Å². The lowest BCUT2D eigenvalue weighted by atomic mass is 9.76. The number of hydrogen-bond acceptors (Lipinski definition) is 8. The van der Waals surface area contributed by atoms with Crippen LogP contribution in [0.3, 0.4) is 0 Å². The van der Waals surface area contributed by atoms with Gasteiger partial charge in [0.1, 0.15) is 18.3 Å². The van der Waals surface area contributed by atoms with E-state index in [0.29, 0.717) is 11.2 Å².